The van der Waals surface area contributed by atoms with Crippen LogP contribution in [-0.4, -0.2) is 30.7 Å². The van der Waals surface area contributed by atoms with Crippen LogP contribution in [0, 0.1) is 0 Å². The summed E-state index contributed by atoms with van der Waals surface area (Å²) < 4.78 is 16.4. The first kappa shape index (κ1) is 18.3. The van der Waals surface area contributed by atoms with E-state index in [2.05, 4.69) is 16.4 Å². The molecule has 28 heavy (non-hydrogen) atoms. The first-order valence-corrected chi connectivity index (χ1v) is 9.96. The van der Waals surface area contributed by atoms with Crippen molar-refractivity contribution in [3.8, 4) is 28.5 Å². The van der Waals surface area contributed by atoms with Gasteiger partial charge in [-0.2, -0.15) is 0 Å². The van der Waals surface area contributed by atoms with E-state index in [0.717, 1.165) is 35.8 Å². The minimum atomic E-state index is -0.253. The van der Waals surface area contributed by atoms with Crippen LogP contribution in [0.2, 0.25) is 0 Å². The van der Waals surface area contributed by atoms with Crippen molar-refractivity contribution in [3.05, 3.63) is 53.4 Å². The molecule has 4 rings (SSSR count). The number of anilines is 1. The summed E-state index contributed by atoms with van der Waals surface area (Å²) in [6.45, 7) is 3.18. The molecule has 0 spiro atoms. The topological polar surface area (TPSA) is 69.7 Å². The molecular weight excluding hydrogens is 376 g/mol. The van der Waals surface area contributed by atoms with Crippen molar-refractivity contribution < 1.29 is 19.0 Å². The van der Waals surface area contributed by atoms with Crippen molar-refractivity contribution in [3.63, 3.8) is 0 Å². The van der Waals surface area contributed by atoms with Gasteiger partial charge in [-0.15, -0.1) is 11.3 Å². The number of nitrogens with zero attached hydrogens (tertiary/aromatic N) is 1. The number of carbonyl (C=O) groups excluding carboxylic acids is 1. The number of benzene rings is 2. The van der Waals surface area contributed by atoms with Gasteiger partial charge in [0.1, 0.15) is 17.2 Å². The number of thiazole rings is 1. The summed E-state index contributed by atoms with van der Waals surface area (Å²) >= 11 is 1.39. The molecule has 1 N–H and O–H groups in total. The van der Waals surface area contributed by atoms with Crippen LogP contribution in [0.25, 0.3) is 11.3 Å². The molecule has 0 radical (unpaired) electrons. The van der Waals surface area contributed by atoms with Gasteiger partial charge in [0.15, 0.2) is 11.7 Å². The third kappa shape index (κ3) is 4.26. The molecule has 7 heteroatoms. The van der Waals surface area contributed by atoms with Gasteiger partial charge in [-0.25, -0.2) is 4.98 Å². The minimum absolute atomic E-state index is 0.0842. The van der Waals surface area contributed by atoms with Gasteiger partial charge in [0.25, 0.3) is 5.91 Å². The first-order valence-electron chi connectivity index (χ1n) is 9.08. The molecule has 0 fully saturated rings. The standard InChI is InChI=1S/C21H20N2O4S/c1-2-25-16-4-6-17(7-5-16)27-12-20(24)23-21-22-18(13-28-21)14-3-8-19-15(11-14)9-10-26-19/h3-8,11,13H,2,9-10,12H2,1H3,(H,22,23,24). The quantitative estimate of drug-likeness (QED) is 0.649. The molecule has 0 unspecified atom stereocenters. The number of amides is 1. The molecule has 144 valence electrons. The van der Waals surface area contributed by atoms with E-state index in [1.807, 2.05) is 36.6 Å². The number of carbonyl (C=O) groups is 1. The molecular formula is C21H20N2O4S. The number of rotatable bonds is 7. The van der Waals surface area contributed by atoms with Gasteiger partial charge in [-0.3, -0.25) is 10.1 Å². The predicted octanol–water partition coefficient (Wildman–Crippen LogP) is 4.16. The van der Waals surface area contributed by atoms with E-state index in [-0.39, 0.29) is 12.5 Å². The summed E-state index contributed by atoms with van der Waals surface area (Å²) in [6, 6.07) is 13.2. The Morgan fingerprint density at radius 3 is 2.75 bits per heavy atom. The molecule has 2 aromatic carbocycles. The summed E-state index contributed by atoms with van der Waals surface area (Å²) in [5.41, 5.74) is 3.05. The third-order valence-corrected chi connectivity index (χ3v) is 5.00. The van der Waals surface area contributed by atoms with Gasteiger partial charge in [0.05, 0.1) is 18.9 Å². The van der Waals surface area contributed by atoms with Crippen molar-refractivity contribution in [2.45, 2.75) is 13.3 Å². The van der Waals surface area contributed by atoms with Crippen LogP contribution in [-0.2, 0) is 11.2 Å². The van der Waals surface area contributed by atoms with Gasteiger partial charge >= 0.3 is 0 Å². The smallest absolute Gasteiger partial charge is 0.264 e. The van der Waals surface area contributed by atoms with Crippen molar-refractivity contribution in [2.75, 3.05) is 25.1 Å². The predicted molar refractivity (Wildman–Crippen MR) is 108 cm³/mol. The normalized spacial score (nSPS) is 12.2. The van der Waals surface area contributed by atoms with E-state index < -0.39 is 0 Å². The fourth-order valence-corrected chi connectivity index (χ4v) is 3.65. The fourth-order valence-electron chi connectivity index (χ4n) is 2.91. The molecule has 0 atom stereocenters. The molecule has 0 saturated heterocycles. The molecule has 1 aliphatic rings. The zero-order chi connectivity index (χ0) is 19.3. The zero-order valence-electron chi connectivity index (χ0n) is 15.4. The molecule has 0 bridgehead atoms. The van der Waals surface area contributed by atoms with Crippen molar-refractivity contribution in [2.24, 2.45) is 0 Å². The van der Waals surface area contributed by atoms with Crippen LogP contribution in [0.4, 0.5) is 5.13 Å². The highest BCUT2D eigenvalue weighted by Crippen LogP contribution is 2.31. The highest BCUT2D eigenvalue weighted by molar-refractivity contribution is 7.14. The molecule has 6 nitrogen and oxygen atoms in total. The lowest BCUT2D eigenvalue weighted by atomic mass is 10.1. The summed E-state index contributed by atoms with van der Waals surface area (Å²) in [6.07, 6.45) is 0.916. The monoisotopic (exact) mass is 396 g/mol. The molecule has 2 heterocycles. The van der Waals surface area contributed by atoms with E-state index in [0.29, 0.717) is 17.5 Å². The van der Waals surface area contributed by atoms with Crippen LogP contribution in [0.3, 0.4) is 0 Å². The van der Waals surface area contributed by atoms with E-state index in [9.17, 15) is 4.79 Å². The Morgan fingerprint density at radius 2 is 1.96 bits per heavy atom. The second-order valence-electron chi connectivity index (χ2n) is 6.20. The van der Waals surface area contributed by atoms with Crippen LogP contribution >= 0.6 is 11.3 Å². The zero-order valence-corrected chi connectivity index (χ0v) is 16.3. The summed E-state index contributed by atoms with van der Waals surface area (Å²) in [5.74, 6) is 2.07. The van der Waals surface area contributed by atoms with Crippen LogP contribution < -0.4 is 19.5 Å². The molecule has 1 aromatic heterocycles. The van der Waals surface area contributed by atoms with Crippen LogP contribution in [0.1, 0.15) is 12.5 Å². The molecule has 3 aromatic rings. The highest BCUT2D eigenvalue weighted by Gasteiger charge is 2.14. The summed E-state index contributed by atoms with van der Waals surface area (Å²) in [4.78, 5) is 16.7. The first-order chi connectivity index (χ1) is 13.7. The molecule has 0 aliphatic carbocycles. The van der Waals surface area contributed by atoms with Gasteiger partial charge in [0, 0.05) is 17.4 Å². The average molecular weight is 396 g/mol. The Bertz CT molecular complexity index is 969. The third-order valence-electron chi connectivity index (χ3n) is 4.24. The van der Waals surface area contributed by atoms with Gasteiger partial charge < -0.3 is 14.2 Å². The van der Waals surface area contributed by atoms with Gasteiger partial charge in [-0.05, 0) is 55.0 Å². The maximum absolute atomic E-state index is 12.1. The van der Waals surface area contributed by atoms with Crippen molar-refractivity contribution in [1.29, 1.82) is 0 Å². The number of hydrogen-bond acceptors (Lipinski definition) is 6. The number of nitrogens with one attached hydrogen (secondary N) is 1. The lowest BCUT2D eigenvalue weighted by Gasteiger charge is -2.07. The van der Waals surface area contributed by atoms with Crippen molar-refractivity contribution >= 4 is 22.4 Å². The number of ether oxygens (including phenoxy) is 3. The Morgan fingerprint density at radius 1 is 1.18 bits per heavy atom. The Hall–Kier alpha value is -3.06. The molecule has 0 saturated carbocycles. The molecule has 1 amide bonds. The minimum Gasteiger partial charge on any atom is -0.494 e. The van der Waals surface area contributed by atoms with Crippen LogP contribution in [0.5, 0.6) is 17.2 Å². The second kappa shape index (κ2) is 8.31. The van der Waals surface area contributed by atoms with E-state index in [1.54, 1.807) is 12.1 Å². The maximum atomic E-state index is 12.1. The van der Waals surface area contributed by atoms with E-state index in [1.165, 1.54) is 16.9 Å². The fraction of sp³-hybridized carbons (Fsp3) is 0.238. The summed E-state index contributed by atoms with van der Waals surface area (Å²) in [5, 5.41) is 5.26. The lowest BCUT2D eigenvalue weighted by molar-refractivity contribution is -0.118. The SMILES string of the molecule is CCOc1ccc(OCC(=O)Nc2nc(-c3ccc4c(c3)CCO4)cs2)cc1. The second-order valence-corrected chi connectivity index (χ2v) is 7.06. The van der Waals surface area contributed by atoms with Crippen LogP contribution in [0.15, 0.2) is 47.8 Å². The Kier molecular flexibility index (Phi) is 5.43. The number of hydrogen-bond donors (Lipinski definition) is 1. The van der Waals surface area contributed by atoms with Crippen molar-refractivity contribution in [1.82, 2.24) is 4.98 Å². The number of fused-ring (bicyclic) bond motifs is 1. The molecule has 1 aliphatic heterocycles. The highest BCUT2D eigenvalue weighted by atomic mass is 32.1. The largest absolute Gasteiger partial charge is 0.494 e. The number of aromatic nitrogens is 1. The average Bonchev–Trinajstić information content (AvgIpc) is 3.36. The summed E-state index contributed by atoms with van der Waals surface area (Å²) in [7, 11) is 0. The lowest BCUT2D eigenvalue weighted by Crippen LogP contribution is -2.20. The Labute approximate surface area is 167 Å². The van der Waals surface area contributed by atoms with E-state index >= 15 is 0 Å². The maximum Gasteiger partial charge on any atom is 0.264 e. The van der Waals surface area contributed by atoms with Gasteiger partial charge in [-0.1, -0.05) is 0 Å². The van der Waals surface area contributed by atoms with E-state index in [4.69, 9.17) is 14.2 Å². The Balaban J connectivity index is 1.32. The van der Waals surface area contributed by atoms with Gasteiger partial charge in [0.2, 0.25) is 0 Å².